The van der Waals surface area contributed by atoms with Crippen LogP contribution in [-0.2, 0) is 4.74 Å². The molecular formula is C19H25N3O3S. The molecule has 4 rings (SSSR count). The molecule has 0 spiro atoms. The first-order chi connectivity index (χ1) is 12.6. The first-order valence-electron chi connectivity index (χ1n) is 9.26. The molecule has 3 heterocycles. The van der Waals surface area contributed by atoms with Crippen LogP contribution in [-0.4, -0.2) is 36.9 Å². The zero-order valence-electron chi connectivity index (χ0n) is 15.2. The fourth-order valence-electron chi connectivity index (χ4n) is 3.61. The first-order valence-corrected chi connectivity index (χ1v) is 10.1. The molecule has 0 bridgehead atoms. The van der Waals surface area contributed by atoms with Crippen molar-refractivity contribution in [1.82, 2.24) is 10.5 Å². The van der Waals surface area contributed by atoms with Crippen molar-refractivity contribution in [2.45, 2.75) is 45.1 Å². The highest BCUT2D eigenvalue weighted by Crippen LogP contribution is 2.44. The predicted molar refractivity (Wildman–Crippen MR) is 101 cm³/mol. The Kier molecular flexibility index (Phi) is 5.11. The lowest BCUT2D eigenvalue weighted by Crippen LogP contribution is -2.29. The van der Waals surface area contributed by atoms with Gasteiger partial charge in [0.05, 0.1) is 4.88 Å². The molecule has 6 nitrogen and oxygen atoms in total. The van der Waals surface area contributed by atoms with Crippen LogP contribution in [0.2, 0.25) is 0 Å². The second kappa shape index (κ2) is 7.50. The number of aromatic nitrogens is 1. The van der Waals surface area contributed by atoms with Gasteiger partial charge in [-0.05, 0) is 57.2 Å². The zero-order valence-corrected chi connectivity index (χ0v) is 16.0. The standard InChI is InChI=1S/C19H25N3O3S/c1-11-7-18(22-25-11)21-19(23)17-9-14(12(2)26-17)15-8-16(15)20-10-13-3-5-24-6-4-13/h7,9,13,15-16,20H,3-6,8,10H2,1-2H3,(H,21,22,23). The van der Waals surface area contributed by atoms with Crippen molar-refractivity contribution >= 4 is 23.1 Å². The smallest absolute Gasteiger partial charge is 0.266 e. The number of amides is 1. The van der Waals surface area contributed by atoms with Gasteiger partial charge >= 0.3 is 0 Å². The molecule has 0 aromatic carbocycles. The molecule has 2 aliphatic rings. The van der Waals surface area contributed by atoms with E-state index in [0.717, 1.165) is 49.8 Å². The SMILES string of the molecule is Cc1cc(NC(=O)c2cc(C3CC3NCC3CCOCC3)c(C)s2)no1. The van der Waals surface area contributed by atoms with Crippen molar-refractivity contribution in [2.75, 3.05) is 25.1 Å². The summed E-state index contributed by atoms with van der Waals surface area (Å²) in [7, 11) is 0. The molecule has 2 N–H and O–H groups in total. The Morgan fingerprint density at radius 3 is 2.85 bits per heavy atom. The minimum Gasteiger partial charge on any atom is -0.381 e. The Labute approximate surface area is 157 Å². The number of rotatable bonds is 6. The Morgan fingerprint density at radius 1 is 1.31 bits per heavy atom. The van der Waals surface area contributed by atoms with Crippen LogP contribution in [0.1, 0.15) is 51.1 Å². The fraction of sp³-hybridized carbons (Fsp3) is 0.579. The lowest BCUT2D eigenvalue weighted by molar-refractivity contribution is 0.0662. The number of carbonyl (C=O) groups is 1. The molecule has 7 heteroatoms. The summed E-state index contributed by atoms with van der Waals surface area (Å²) in [5.74, 6) is 2.29. The summed E-state index contributed by atoms with van der Waals surface area (Å²) < 4.78 is 10.4. The predicted octanol–water partition coefficient (Wildman–Crippen LogP) is 3.48. The highest BCUT2D eigenvalue weighted by atomic mass is 32.1. The van der Waals surface area contributed by atoms with Gasteiger partial charge in [-0.2, -0.15) is 0 Å². The maximum Gasteiger partial charge on any atom is 0.266 e. The molecule has 0 radical (unpaired) electrons. The third kappa shape index (κ3) is 4.00. The molecule has 2 atom stereocenters. The summed E-state index contributed by atoms with van der Waals surface area (Å²) in [5.41, 5.74) is 1.31. The molecule has 1 saturated carbocycles. The van der Waals surface area contributed by atoms with E-state index < -0.39 is 0 Å². The Bertz CT molecular complexity index is 779. The van der Waals surface area contributed by atoms with Crippen LogP contribution in [0, 0.1) is 19.8 Å². The number of aryl methyl sites for hydroxylation is 2. The van der Waals surface area contributed by atoms with Gasteiger partial charge in [-0.25, -0.2) is 0 Å². The highest BCUT2D eigenvalue weighted by Gasteiger charge is 2.40. The quantitative estimate of drug-likeness (QED) is 0.808. The molecule has 1 aliphatic heterocycles. The first kappa shape index (κ1) is 17.7. The molecule has 1 saturated heterocycles. The third-order valence-corrected chi connectivity index (χ3v) is 6.31. The summed E-state index contributed by atoms with van der Waals surface area (Å²) >= 11 is 1.55. The van der Waals surface area contributed by atoms with Crippen molar-refractivity contribution < 1.29 is 14.1 Å². The minimum absolute atomic E-state index is 0.120. The monoisotopic (exact) mass is 375 g/mol. The van der Waals surface area contributed by atoms with Crippen molar-refractivity contribution in [3.63, 3.8) is 0 Å². The van der Waals surface area contributed by atoms with E-state index in [0.29, 0.717) is 23.5 Å². The molecule has 2 aromatic heterocycles. The van der Waals surface area contributed by atoms with Gasteiger partial charge in [0.1, 0.15) is 5.76 Å². The van der Waals surface area contributed by atoms with E-state index in [1.54, 1.807) is 24.3 Å². The van der Waals surface area contributed by atoms with Crippen LogP contribution in [0.5, 0.6) is 0 Å². The third-order valence-electron chi connectivity index (χ3n) is 5.25. The summed E-state index contributed by atoms with van der Waals surface area (Å²) in [6.07, 6.45) is 3.48. The van der Waals surface area contributed by atoms with Crippen LogP contribution in [0.15, 0.2) is 16.7 Å². The number of nitrogens with zero attached hydrogens (tertiary/aromatic N) is 1. The number of anilines is 1. The average Bonchev–Trinajstić information content (AvgIpc) is 3.12. The summed E-state index contributed by atoms with van der Waals surface area (Å²) in [6.45, 7) is 6.77. The van der Waals surface area contributed by atoms with Crippen LogP contribution in [0.3, 0.4) is 0 Å². The van der Waals surface area contributed by atoms with E-state index >= 15 is 0 Å². The van der Waals surface area contributed by atoms with E-state index in [1.807, 2.05) is 6.07 Å². The zero-order chi connectivity index (χ0) is 18.1. The molecule has 1 amide bonds. The van der Waals surface area contributed by atoms with Crippen LogP contribution < -0.4 is 10.6 Å². The van der Waals surface area contributed by atoms with Gasteiger partial charge in [-0.15, -0.1) is 11.3 Å². The van der Waals surface area contributed by atoms with E-state index in [-0.39, 0.29) is 5.91 Å². The van der Waals surface area contributed by atoms with Crippen LogP contribution in [0.4, 0.5) is 5.82 Å². The van der Waals surface area contributed by atoms with Crippen LogP contribution >= 0.6 is 11.3 Å². The maximum atomic E-state index is 12.4. The average molecular weight is 375 g/mol. The van der Waals surface area contributed by atoms with Gasteiger partial charge in [-0.3, -0.25) is 4.79 Å². The number of hydrogen-bond donors (Lipinski definition) is 2. The minimum atomic E-state index is -0.120. The molecule has 140 valence electrons. The second-order valence-corrected chi connectivity index (χ2v) is 8.57. The summed E-state index contributed by atoms with van der Waals surface area (Å²) in [4.78, 5) is 14.4. The van der Waals surface area contributed by atoms with Gasteiger partial charge in [0.25, 0.3) is 5.91 Å². The molecule has 2 unspecified atom stereocenters. The van der Waals surface area contributed by atoms with Crippen molar-refractivity contribution in [3.8, 4) is 0 Å². The van der Waals surface area contributed by atoms with Crippen LogP contribution in [0.25, 0.3) is 0 Å². The van der Waals surface area contributed by atoms with Crippen molar-refractivity contribution in [2.24, 2.45) is 5.92 Å². The molecular weight excluding hydrogens is 350 g/mol. The van der Waals surface area contributed by atoms with Gasteiger partial charge < -0.3 is 19.9 Å². The molecule has 2 aromatic rings. The Balaban J connectivity index is 1.33. The van der Waals surface area contributed by atoms with Crippen molar-refractivity contribution in [1.29, 1.82) is 0 Å². The summed E-state index contributed by atoms with van der Waals surface area (Å²) in [5, 5.41) is 10.3. The molecule has 2 fully saturated rings. The Morgan fingerprint density at radius 2 is 2.12 bits per heavy atom. The van der Waals surface area contributed by atoms with E-state index in [1.165, 1.54) is 10.4 Å². The van der Waals surface area contributed by atoms with E-state index in [9.17, 15) is 4.79 Å². The van der Waals surface area contributed by atoms with Crippen molar-refractivity contribution in [3.05, 3.63) is 33.2 Å². The topological polar surface area (TPSA) is 76.4 Å². The van der Waals surface area contributed by atoms with Gasteiger partial charge in [0.2, 0.25) is 0 Å². The number of thiophene rings is 1. The number of ether oxygens (including phenoxy) is 1. The van der Waals surface area contributed by atoms with E-state index in [2.05, 4.69) is 22.7 Å². The largest absolute Gasteiger partial charge is 0.381 e. The van der Waals surface area contributed by atoms with E-state index in [4.69, 9.17) is 9.26 Å². The molecule has 26 heavy (non-hydrogen) atoms. The lowest BCUT2D eigenvalue weighted by atomic mass is 10.0. The number of carbonyl (C=O) groups excluding carboxylic acids is 1. The van der Waals surface area contributed by atoms with Gasteiger partial charge in [0, 0.05) is 36.1 Å². The summed E-state index contributed by atoms with van der Waals surface area (Å²) in [6, 6.07) is 4.31. The number of hydrogen-bond acceptors (Lipinski definition) is 6. The second-order valence-electron chi connectivity index (χ2n) is 7.31. The number of nitrogens with one attached hydrogen (secondary N) is 2. The highest BCUT2D eigenvalue weighted by molar-refractivity contribution is 7.14. The fourth-order valence-corrected chi connectivity index (χ4v) is 4.60. The van der Waals surface area contributed by atoms with Gasteiger partial charge in [-0.1, -0.05) is 5.16 Å². The van der Waals surface area contributed by atoms with Gasteiger partial charge in [0.15, 0.2) is 5.82 Å². The normalized spacial score (nSPS) is 23.2. The Hall–Kier alpha value is -1.70. The lowest BCUT2D eigenvalue weighted by Gasteiger charge is -2.22. The molecule has 1 aliphatic carbocycles. The maximum absolute atomic E-state index is 12.4.